The van der Waals surface area contributed by atoms with Crippen molar-refractivity contribution in [3.8, 4) is 0 Å². The number of hydrogen-bond acceptors (Lipinski definition) is 0. The van der Waals surface area contributed by atoms with E-state index in [0.29, 0.717) is 5.92 Å². The molecule has 1 atom stereocenters. The predicted octanol–water partition coefficient (Wildman–Crippen LogP) is 4.93. The van der Waals surface area contributed by atoms with Gasteiger partial charge in [0.25, 0.3) is 0 Å². The molecule has 0 amide bonds. The van der Waals surface area contributed by atoms with Gasteiger partial charge >= 0.3 is 0 Å². The lowest BCUT2D eigenvalue weighted by molar-refractivity contribution is 0.745. The number of rotatable bonds is 5. The van der Waals surface area contributed by atoms with Crippen LogP contribution in [0.4, 0.5) is 0 Å². The van der Waals surface area contributed by atoms with E-state index in [1.54, 1.807) is 0 Å². The van der Waals surface area contributed by atoms with Gasteiger partial charge in [-0.15, -0.1) is 0 Å². The lowest BCUT2D eigenvalue weighted by atomic mass is 9.94. The summed E-state index contributed by atoms with van der Waals surface area (Å²) >= 11 is 0. The Morgan fingerprint density at radius 3 is 2.53 bits per heavy atom. The smallest absolute Gasteiger partial charge is 0.0153 e. The molecule has 0 saturated heterocycles. The van der Waals surface area contributed by atoms with Crippen LogP contribution < -0.4 is 0 Å². The van der Waals surface area contributed by atoms with Crippen LogP contribution in [0.1, 0.15) is 51.5 Å². The van der Waals surface area contributed by atoms with Crippen LogP contribution in [-0.2, 0) is 0 Å². The fourth-order valence-electron chi connectivity index (χ4n) is 1.86. The minimum absolute atomic E-state index is 0.638. The number of benzene rings is 1. The SMILES string of the molecule is CCCC=C(C)CC(C)c1ccccc1. The highest BCUT2D eigenvalue weighted by Crippen LogP contribution is 2.22. The summed E-state index contributed by atoms with van der Waals surface area (Å²) in [6.45, 7) is 6.78. The molecule has 0 heterocycles. The Hall–Kier alpha value is -1.04. The monoisotopic (exact) mass is 202 g/mol. The zero-order valence-corrected chi connectivity index (χ0v) is 10.2. The molecule has 0 aliphatic heterocycles. The van der Waals surface area contributed by atoms with Crippen molar-refractivity contribution in [3.05, 3.63) is 47.5 Å². The maximum Gasteiger partial charge on any atom is -0.0153 e. The van der Waals surface area contributed by atoms with Crippen molar-refractivity contribution in [3.63, 3.8) is 0 Å². The molecule has 0 aromatic heterocycles. The first-order valence-electron chi connectivity index (χ1n) is 5.94. The Balaban J connectivity index is 2.52. The lowest BCUT2D eigenvalue weighted by Gasteiger charge is -2.12. The van der Waals surface area contributed by atoms with Crippen LogP contribution >= 0.6 is 0 Å². The van der Waals surface area contributed by atoms with Gasteiger partial charge in [-0.05, 0) is 31.2 Å². The van der Waals surface area contributed by atoms with E-state index >= 15 is 0 Å². The van der Waals surface area contributed by atoms with Crippen LogP contribution in [0, 0.1) is 0 Å². The maximum atomic E-state index is 2.37. The standard InChI is InChI=1S/C15H22/c1-4-5-9-13(2)12-14(3)15-10-7-6-8-11-15/h6-11,14H,4-5,12H2,1-3H3. The first-order valence-corrected chi connectivity index (χ1v) is 5.94. The number of unbranched alkanes of at least 4 members (excludes halogenated alkanes) is 1. The van der Waals surface area contributed by atoms with Gasteiger partial charge in [0.15, 0.2) is 0 Å². The van der Waals surface area contributed by atoms with Crippen molar-refractivity contribution in [2.24, 2.45) is 0 Å². The van der Waals surface area contributed by atoms with Gasteiger partial charge in [-0.25, -0.2) is 0 Å². The van der Waals surface area contributed by atoms with E-state index in [0.717, 1.165) is 0 Å². The fraction of sp³-hybridized carbons (Fsp3) is 0.467. The average Bonchev–Trinajstić information content (AvgIpc) is 2.27. The van der Waals surface area contributed by atoms with Gasteiger partial charge in [-0.1, -0.05) is 62.2 Å². The van der Waals surface area contributed by atoms with Crippen LogP contribution in [0.15, 0.2) is 42.0 Å². The highest BCUT2D eigenvalue weighted by molar-refractivity contribution is 5.20. The Morgan fingerprint density at radius 2 is 1.93 bits per heavy atom. The van der Waals surface area contributed by atoms with Gasteiger partial charge in [0.05, 0.1) is 0 Å². The second kappa shape index (κ2) is 6.44. The zero-order chi connectivity index (χ0) is 11.1. The molecule has 1 aromatic rings. The second-order valence-electron chi connectivity index (χ2n) is 4.36. The molecule has 0 bridgehead atoms. The van der Waals surface area contributed by atoms with Crippen LogP contribution in [0.5, 0.6) is 0 Å². The van der Waals surface area contributed by atoms with Crippen LogP contribution in [0.2, 0.25) is 0 Å². The van der Waals surface area contributed by atoms with Gasteiger partial charge in [0.2, 0.25) is 0 Å². The van der Waals surface area contributed by atoms with Crippen LogP contribution in [0.25, 0.3) is 0 Å². The largest absolute Gasteiger partial charge is 0.0856 e. The van der Waals surface area contributed by atoms with Crippen molar-refractivity contribution >= 4 is 0 Å². The molecule has 0 radical (unpaired) electrons. The van der Waals surface area contributed by atoms with E-state index in [1.165, 1.54) is 30.4 Å². The summed E-state index contributed by atoms with van der Waals surface area (Å²) in [5.41, 5.74) is 2.97. The molecule has 1 aromatic carbocycles. The van der Waals surface area contributed by atoms with Crippen molar-refractivity contribution in [1.29, 1.82) is 0 Å². The summed E-state index contributed by atoms with van der Waals surface area (Å²) in [7, 11) is 0. The van der Waals surface area contributed by atoms with Crippen molar-refractivity contribution in [2.45, 2.75) is 46.0 Å². The van der Waals surface area contributed by atoms with Crippen molar-refractivity contribution in [1.82, 2.24) is 0 Å². The van der Waals surface area contributed by atoms with Crippen molar-refractivity contribution in [2.75, 3.05) is 0 Å². The molecule has 1 rings (SSSR count). The molecule has 82 valence electrons. The van der Waals surface area contributed by atoms with Gasteiger partial charge in [-0.3, -0.25) is 0 Å². The predicted molar refractivity (Wildman–Crippen MR) is 68.1 cm³/mol. The molecule has 0 aliphatic rings. The van der Waals surface area contributed by atoms with Gasteiger partial charge in [-0.2, -0.15) is 0 Å². The number of allylic oxidation sites excluding steroid dienone is 2. The summed E-state index contributed by atoms with van der Waals surface area (Å²) in [5.74, 6) is 0.638. The fourth-order valence-corrected chi connectivity index (χ4v) is 1.86. The third-order valence-corrected chi connectivity index (χ3v) is 2.78. The van der Waals surface area contributed by atoms with E-state index < -0.39 is 0 Å². The van der Waals surface area contributed by atoms with E-state index in [2.05, 4.69) is 57.2 Å². The first-order chi connectivity index (χ1) is 7.24. The Bertz CT molecular complexity index is 295. The van der Waals surface area contributed by atoms with E-state index in [4.69, 9.17) is 0 Å². The molecule has 1 unspecified atom stereocenters. The normalized spacial score (nSPS) is 13.9. The highest BCUT2D eigenvalue weighted by Gasteiger charge is 2.04. The highest BCUT2D eigenvalue weighted by atomic mass is 14.1. The minimum atomic E-state index is 0.638. The van der Waals surface area contributed by atoms with Crippen LogP contribution in [-0.4, -0.2) is 0 Å². The van der Waals surface area contributed by atoms with Crippen molar-refractivity contribution < 1.29 is 0 Å². The average molecular weight is 202 g/mol. The zero-order valence-electron chi connectivity index (χ0n) is 10.2. The summed E-state index contributed by atoms with van der Waals surface area (Å²) in [4.78, 5) is 0. The topological polar surface area (TPSA) is 0 Å². The summed E-state index contributed by atoms with van der Waals surface area (Å²) in [6, 6.07) is 10.8. The summed E-state index contributed by atoms with van der Waals surface area (Å²) in [5, 5.41) is 0. The molecular formula is C15H22. The molecule has 0 aliphatic carbocycles. The maximum absolute atomic E-state index is 2.37. The molecule has 0 saturated carbocycles. The van der Waals surface area contributed by atoms with Crippen LogP contribution in [0.3, 0.4) is 0 Å². The van der Waals surface area contributed by atoms with E-state index in [9.17, 15) is 0 Å². The molecule has 0 spiro atoms. The molecule has 0 fully saturated rings. The molecular weight excluding hydrogens is 180 g/mol. The van der Waals surface area contributed by atoms with E-state index in [-0.39, 0.29) is 0 Å². The lowest BCUT2D eigenvalue weighted by Crippen LogP contribution is -1.93. The van der Waals surface area contributed by atoms with Gasteiger partial charge < -0.3 is 0 Å². The summed E-state index contributed by atoms with van der Waals surface area (Å²) in [6.07, 6.45) is 6.02. The quantitative estimate of drug-likeness (QED) is 0.594. The Morgan fingerprint density at radius 1 is 1.27 bits per heavy atom. The molecule has 0 nitrogen and oxygen atoms in total. The minimum Gasteiger partial charge on any atom is -0.0856 e. The summed E-state index contributed by atoms with van der Waals surface area (Å²) < 4.78 is 0. The van der Waals surface area contributed by atoms with Gasteiger partial charge in [0.1, 0.15) is 0 Å². The molecule has 15 heavy (non-hydrogen) atoms. The number of hydrogen-bond donors (Lipinski definition) is 0. The second-order valence-corrected chi connectivity index (χ2v) is 4.36. The first kappa shape index (κ1) is 12.0. The third-order valence-electron chi connectivity index (χ3n) is 2.78. The molecule has 0 heteroatoms. The molecule has 0 N–H and O–H groups in total. The third kappa shape index (κ3) is 4.33. The van der Waals surface area contributed by atoms with Gasteiger partial charge in [0, 0.05) is 0 Å². The Labute approximate surface area is 94.0 Å². The Kier molecular flexibility index (Phi) is 5.17. The van der Waals surface area contributed by atoms with E-state index in [1.807, 2.05) is 0 Å².